The van der Waals surface area contributed by atoms with E-state index in [0.717, 1.165) is 26.2 Å². The van der Waals surface area contributed by atoms with E-state index >= 15 is 0 Å². The average molecular weight is 227 g/mol. The molecule has 1 atom stereocenters. The molecule has 5 nitrogen and oxygen atoms in total. The summed E-state index contributed by atoms with van der Waals surface area (Å²) in [5, 5.41) is 3.32. The highest BCUT2D eigenvalue weighted by molar-refractivity contribution is 5.77. The molecule has 2 fully saturated rings. The summed E-state index contributed by atoms with van der Waals surface area (Å²) in [5.74, 6) is 0. The SMILES string of the molecule is CC(C)OCCN1CC2CNCCN2C1=O. The fourth-order valence-corrected chi connectivity index (χ4v) is 2.28. The van der Waals surface area contributed by atoms with E-state index in [0.29, 0.717) is 19.2 Å². The standard InChI is InChI=1S/C11H21N3O2/c1-9(2)16-6-5-13-8-10-7-12-3-4-14(10)11(13)15/h9-10,12H,3-8H2,1-2H3. The van der Waals surface area contributed by atoms with Crippen molar-refractivity contribution in [3.05, 3.63) is 0 Å². The van der Waals surface area contributed by atoms with Gasteiger partial charge in [0.25, 0.3) is 0 Å². The number of nitrogens with zero attached hydrogens (tertiary/aromatic N) is 2. The van der Waals surface area contributed by atoms with E-state index in [4.69, 9.17) is 4.74 Å². The number of carbonyl (C=O) groups is 1. The lowest BCUT2D eigenvalue weighted by Crippen LogP contribution is -2.49. The second-order valence-corrected chi connectivity index (χ2v) is 4.70. The summed E-state index contributed by atoms with van der Waals surface area (Å²) in [6.45, 7) is 8.89. The molecule has 0 aromatic rings. The topological polar surface area (TPSA) is 44.8 Å². The van der Waals surface area contributed by atoms with Crippen LogP contribution in [0.15, 0.2) is 0 Å². The third kappa shape index (κ3) is 2.47. The van der Waals surface area contributed by atoms with Crippen LogP contribution in [0.3, 0.4) is 0 Å². The predicted molar refractivity (Wildman–Crippen MR) is 61.4 cm³/mol. The van der Waals surface area contributed by atoms with Crippen LogP contribution in [0.4, 0.5) is 4.79 Å². The molecule has 0 aromatic carbocycles. The van der Waals surface area contributed by atoms with Gasteiger partial charge in [-0.3, -0.25) is 0 Å². The maximum atomic E-state index is 12.0. The molecule has 0 saturated carbocycles. The number of rotatable bonds is 4. The third-order valence-corrected chi connectivity index (χ3v) is 3.11. The van der Waals surface area contributed by atoms with Crippen molar-refractivity contribution in [2.45, 2.75) is 26.0 Å². The summed E-state index contributed by atoms with van der Waals surface area (Å²) in [6.07, 6.45) is 0.238. The molecule has 0 radical (unpaired) electrons. The number of carbonyl (C=O) groups excluding carboxylic acids is 1. The maximum absolute atomic E-state index is 12.0. The second-order valence-electron chi connectivity index (χ2n) is 4.70. The number of amides is 2. The van der Waals surface area contributed by atoms with Crippen molar-refractivity contribution >= 4 is 6.03 Å². The van der Waals surface area contributed by atoms with Gasteiger partial charge >= 0.3 is 6.03 Å². The van der Waals surface area contributed by atoms with E-state index in [9.17, 15) is 4.79 Å². The molecule has 2 rings (SSSR count). The molecule has 2 aliphatic heterocycles. The molecule has 0 aromatic heterocycles. The lowest BCUT2D eigenvalue weighted by Gasteiger charge is -2.28. The first-order chi connectivity index (χ1) is 7.68. The van der Waals surface area contributed by atoms with Gasteiger partial charge in [0.15, 0.2) is 0 Å². The lowest BCUT2D eigenvalue weighted by atomic mass is 10.2. The van der Waals surface area contributed by atoms with Crippen LogP contribution in [0.5, 0.6) is 0 Å². The van der Waals surface area contributed by atoms with Gasteiger partial charge in [-0.05, 0) is 13.8 Å². The van der Waals surface area contributed by atoms with Gasteiger partial charge < -0.3 is 19.9 Å². The first-order valence-corrected chi connectivity index (χ1v) is 6.06. The smallest absolute Gasteiger partial charge is 0.320 e. The van der Waals surface area contributed by atoms with Crippen molar-refractivity contribution in [2.75, 3.05) is 39.3 Å². The largest absolute Gasteiger partial charge is 0.377 e. The van der Waals surface area contributed by atoms with Gasteiger partial charge in [0.2, 0.25) is 0 Å². The van der Waals surface area contributed by atoms with Crippen molar-refractivity contribution in [3.63, 3.8) is 0 Å². The Labute approximate surface area is 96.7 Å². The zero-order chi connectivity index (χ0) is 11.5. The predicted octanol–water partition coefficient (Wildman–Crippen LogP) is 0.121. The molecule has 1 N–H and O–H groups in total. The van der Waals surface area contributed by atoms with E-state index in [1.807, 2.05) is 23.6 Å². The molecular formula is C11H21N3O2. The van der Waals surface area contributed by atoms with Gasteiger partial charge in [0, 0.05) is 32.7 Å². The Balaban J connectivity index is 1.81. The highest BCUT2D eigenvalue weighted by Gasteiger charge is 2.37. The normalized spacial score (nSPS) is 25.4. The maximum Gasteiger partial charge on any atom is 0.320 e. The van der Waals surface area contributed by atoms with Crippen molar-refractivity contribution in [2.24, 2.45) is 0 Å². The highest BCUT2D eigenvalue weighted by Crippen LogP contribution is 2.16. The number of ether oxygens (including phenoxy) is 1. The molecule has 92 valence electrons. The molecule has 2 aliphatic rings. The molecule has 0 spiro atoms. The Hall–Kier alpha value is -0.810. The summed E-state index contributed by atoms with van der Waals surface area (Å²) in [5.41, 5.74) is 0. The summed E-state index contributed by atoms with van der Waals surface area (Å²) < 4.78 is 5.48. The third-order valence-electron chi connectivity index (χ3n) is 3.11. The molecule has 2 heterocycles. The summed E-state index contributed by atoms with van der Waals surface area (Å²) in [4.78, 5) is 15.9. The van der Waals surface area contributed by atoms with Gasteiger partial charge in [0.1, 0.15) is 0 Å². The van der Waals surface area contributed by atoms with Gasteiger partial charge in [-0.25, -0.2) is 4.79 Å². The Bertz CT molecular complexity index is 258. The van der Waals surface area contributed by atoms with Gasteiger partial charge in [-0.1, -0.05) is 0 Å². The number of hydrogen-bond donors (Lipinski definition) is 1. The summed E-state index contributed by atoms with van der Waals surface area (Å²) in [6, 6.07) is 0.541. The molecule has 2 amide bonds. The quantitative estimate of drug-likeness (QED) is 0.742. The monoisotopic (exact) mass is 227 g/mol. The minimum absolute atomic E-state index is 0.179. The minimum Gasteiger partial charge on any atom is -0.377 e. The van der Waals surface area contributed by atoms with Crippen LogP contribution < -0.4 is 5.32 Å². The number of piperazine rings is 1. The van der Waals surface area contributed by atoms with Crippen LogP contribution in [0, 0.1) is 0 Å². The molecule has 16 heavy (non-hydrogen) atoms. The van der Waals surface area contributed by atoms with E-state index < -0.39 is 0 Å². The zero-order valence-corrected chi connectivity index (χ0v) is 10.1. The van der Waals surface area contributed by atoms with E-state index in [2.05, 4.69) is 5.32 Å². The molecule has 0 bridgehead atoms. The Morgan fingerprint density at radius 2 is 2.38 bits per heavy atom. The van der Waals surface area contributed by atoms with Crippen molar-refractivity contribution in [3.8, 4) is 0 Å². The molecule has 5 heteroatoms. The lowest BCUT2D eigenvalue weighted by molar-refractivity contribution is 0.0670. The first kappa shape index (κ1) is 11.7. The van der Waals surface area contributed by atoms with Crippen LogP contribution >= 0.6 is 0 Å². The molecule has 2 saturated heterocycles. The van der Waals surface area contributed by atoms with Crippen LogP contribution in [-0.2, 0) is 4.74 Å². The van der Waals surface area contributed by atoms with Crippen LogP contribution in [0.25, 0.3) is 0 Å². The van der Waals surface area contributed by atoms with Crippen LogP contribution in [0.2, 0.25) is 0 Å². The molecule has 0 aliphatic carbocycles. The van der Waals surface area contributed by atoms with E-state index in [1.165, 1.54) is 0 Å². The fourth-order valence-electron chi connectivity index (χ4n) is 2.28. The first-order valence-electron chi connectivity index (χ1n) is 6.06. The Morgan fingerprint density at radius 1 is 1.56 bits per heavy atom. The average Bonchev–Trinajstić information content (AvgIpc) is 2.56. The second kappa shape index (κ2) is 5.01. The number of hydrogen-bond acceptors (Lipinski definition) is 3. The highest BCUT2D eigenvalue weighted by atomic mass is 16.5. The van der Waals surface area contributed by atoms with Crippen molar-refractivity contribution < 1.29 is 9.53 Å². The Morgan fingerprint density at radius 3 is 3.06 bits per heavy atom. The Kier molecular flexibility index (Phi) is 3.66. The van der Waals surface area contributed by atoms with Crippen LogP contribution in [0.1, 0.15) is 13.8 Å². The van der Waals surface area contributed by atoms with Crippen LogP contribution in [-0.4, -0.2) is 67.3 Å². The summed E-state index contributed by atoms with van der Waals surface area (Å²) >= 11 is 0. The van der Waals surface area contributed by atoms with E-state index in [1.54, 1.807) is 0 Å². The van der Waals surface area contributed by atoms with Crippen molar-refractivity contribution in [1.82, 2.24) is 15.1 Å². The number of fused-ring (bicyclic) bond motifs is 1. The van der Waals surface area contributed by atoms with Gasteiger partial charge in [-0.15, -0.1) is 0 Å². The zero-order valence-electron chi connectivity index (χ0n) is 10.1. The van der Waals surface area contributed by atoms with E-state index in [-0.39, 0.29) is 12.1 Å². The van der Waals surface area contributed by atoms with Gasteiger partial charge in [0.05, 0.1) is 18.8 Å². The summed E-state index contributed by atoms with van der Waals surface area (Å²) in [7, 11) is 0. The minimum atomic E-state index is 0.179. The van der Waals surface area contributed by atoms with Gasteiger partial charge in [-0.2, -0.15) is 0 Å². The number of urea groups is 1. The molecule has 1 unspecified atom stereocenters. The number of nitrogens with one attached hydrogen (secondary N) is 1. The molecular weight excluding hydrogens is 206 g/mol. The van der Waals surface area contributed by atoms with Crippen molar-refractivity contribution in [1.29, 1.82) is 0 Å². The fraction of sp³-hybridized carbons (Fsp3) is 0.909.